The van der Waals surface area contributed by atoms with Crippen molar-refractivity contribution in [1.29, 1.82) is 0 Å². The van der Waals surface area contributed by atoms with E-state index in [1.54, 1.807) is 13.3 Å². The maximum Gasteiger partial charge on any atom is 0.229 e. The van der Waals surface area contributed by atoms with E-state index >= 15 is 0 Å². The van der Waals surface area contributed by atoms with E-state index in [1.165, 1.54) is 0 Å². The highest BCUT2D eigenvalue weighted by Crippen LogP contribution is 2.63. The lowest BCUT2D eigenvalue weighted by atomic mass is 10.1. The molecule has 1 N–H and O–H groups in total. The first-order valence-corrected chi connectivity index (χ1v) is 7.30. The Morgan fingerprint density at radius 1 is 1.38 bits per heavy atom. The first-order chi connectivity index (χ1) is 9.94. The number of hydrogen-bond donors (Lipinski definition) is 1. The molecule has 1 atom stereocenters. The van der Waals surface area contributed by atoms with Crippen molar-refractivity contribution in [3.05, 3.63) is 42.5 Å². The van der Waals surface area contributed by atoms with Crippen LogP contribution in [0.15, 0.2) is 36.7 Å². The van der Waals surface area contributed by atoms with Crippen molar-refractivity contribution in [2.45, 2.75) is 24.2 Å². The number of nitrogens with one attached hydrogen (secondary N) is 1. The van der Waals surface area contributed by atoms with Crippen LogP contribution in [0.25, 0.3) is 5.69 Å². The SMILES string of the molecule is C[C@]1(C(=O)NCc2nncn2-c2ccccc2)CC1(Cl)Cl. The van der Waals surface area contributed by atoms with Gasteiger partial charge in [-0.3, -0.25) is 9.36 Å². The number of para-hydroxylation sites is 1. The third-order valence-corrected chi connectivity index (χ3v) is 4.92. The van der Waals surface area contributed by atoms with E-state index in [9.17, 15) is 4.79 Å². The van der Waals surface area contributed by atoms with Crippen LogP contribution in [0.4, 0.5) is 0 Å². The van der Waals surface area contributed by atoms with Crippen LogP contribution in [-0.2, 0) is 11.3 Å². The molecular weight excluding hydrogens is 311 g/mol. The minimum Gasteiger partial charge on any atom is -0.348 e. The molecule has 0 bridgehead atoms. The number of nitrogens with zero attached hydrogens (tertiary/aromatic N) is 3. The molecule has 3 rings (SSSR count). The minimum atomic E-state index is -0.968. The average Bonchev–Trinajstić information content (AvgIpc) is 2.83. The van der Waals surface area contributed by atoms with Gasteiger partial charge in [-0.2, -0.15) is 0 Å². The maximum atomic E-state index is 12.1. The molecule has 0 saturated heterocycles. The van der Waals surface area contributed by atoms with Crippen molar-refractivity contribution in [3.8, 4) is 5.69 Å². The van der Waals surface area contributed by atoms with Crippen LogP contribution in [0.2, 0.25) is 0 Å². The lowest BCUT2D eigenvalue weighted by Crippen LogP contribution is -2.33. The lowest BCUT2D eigenvalue weighted by molar-refractivity contribution is -0.126. The molecule has 110 valence electrons. The zero-order valence-corrected chi connectivity index (χ0v) is 12.9. The largest absolute Gasteiger partial charge is 0.348 e. The highest BCUT2D eigenvalue weighted by Gasteiger charge is 2.67. The monoisotopic (exact) mass is 324 g/mol. The van der Waals surface area contributed by atoms with E-state index < -0.39 is 9.75 Å². The summed E-state index contributed by atoms with van der Waals surface area (Å²) in [5.41, 5.74) is 0.210. The third-order valence-electron chi connectivity index (χ3n) is 3.82. The number of carbonyl (C=O) groups excluding carboxylic acids is 1. The first kappa shape index (κ1) is 14.4. The molecule has 21 heavy (non-hydrogen) atoms. The van der Waals surface area contributed by atoms with Crippen LogP contribution in [-0.4, -0.2) is 25.0 Å². The highest BCUT2D eigenvalue weighted by atomic mass is 35.5. The summed E-state index contributed by atoms with van der Waals surface area (Å²) in [7, 11) is 0. The molecule has 1 saturated carbocycles. The summed E-state index contributed by atoms with van der Waals surface area (Å²) in [6.45, 7) is 2.03. The van der Waals surface area contributed by atoms with Crippen LogP contribution < -0.4 is 5.32 Å². The molecule has 1 aliphatic carbocycles. The molecule has 0 aliphatic heterocycles. The number of hydrogen-bond acceptors (Lipinski definition) is 3. The summed E-state index contributed by atoms with van der Waals surface area (Å²) in [5, 5.41) is 10.8. The Morgan fingerprint density at radius 2 is 2.05 bits per heavy atom. The third kappa shape index (κ3) is 2.51. The fourth-order valence-electron chi connectivity index (χ4n) is 2.18. The van der Waals surface area contributed by atoms with Gasteiger partial charge in [-0.05, 0) is 25.5 Å². The van der Waals surface area contributed by atoms with E-state index in [1.807, 2.05) is 34.9 Å². The molecule has 7 heteroatoms. The number of amides is 1. The topological polar surface area (TPSA) is 59.8 Å². The molecule has 1 aromatic heterocycles. The molecule has 1 aliphatic rings. The van der Waals surface area contributed by atoms with E-state index in [0.29, 0.717) is 12.2 Å². The fraction of sp³-hybridized carbons (Fsp3) is 0.357. The molecule has 1 amide bonds. The fourth-order valence-corrected chi connectivity index (χ4v) is 2.89. The zero-order chi connectivity index (χ0) is 15.1. The van der Waals surface area contributed by atoms with Crippen molar-refractivity contribution in [3.63, 3.8) is 0 Å². The van der Waals surface area contributed by atoms with Crippen molar-refractivity contribution in [1.82, 2.24) is 20.1 Å². The van der Waals surface area contributed by atoms with Gasteiger partial charge in [-0.15, -0.1) is 33.4 Å². The quantitative estimate of drug-likeness (QED) is 0.879. The summed E-state index contributed by atoms with van der Waals surface area (Å²) in [5.74, 6) is 0.476. The average molecular weight is 325 g/mol. The van der Waals surface area contributed by atoms with Gasteiger partial charge in [-0.1, -0.05) is 18.2 Å². The predicted molar refractivity (Wildman–Crippen MR) is 80.4 cm³/mol. The Morgan fingerprint density at radius 3 is 2.67 bits per heavy atom. The number of alkyl halides is 2. The van der Waals surface area contributed by atoms with Gasteiger partial charge in [0.1, 0.15) is 10.7 Å². The minimum absolute atomic E-state index is 0.171. The van der Waals surface area contributed by atoms with Crippen molar-refractivity contribution < 1.29 is 4.79 Å². The van der Waals surface area contributed by atoms with Gasteiger partial charge in [0.25, 0.3) is 0 Å². The summed E-state index contributed by atoms with van der Waals surface area (Å²) in [6, 6.07) is 9.68. The van der Waals surface area contributed by atoms with Crippen LogP contribution >= 0.6 is 23.2 Å². The summed E-state index contributed by atoms with van der Waals surface area (Å²) in [4.78, 5) is 12.1. The van der Waals surface area contributed by atoms with Gasteiger partial charge in [0, 0.05) is 5.69 Å². The van der Waals surface area contributed by atoms with Gasteiger partial charge in [0.15, 0.2) is 5.82 Å². The number of benzene rings is 1. The summed E-state index contributed by atoms with van der Waals surface area (Å²) < 4.78 is 0.855. The Kier molecular flexibility index (Phi) is 3.42. The summed E-state index contributed by atoms with van der Waals surface area (Å²) >= 11 is 12.0. The molecule has 5 nitrogen and oxygen atoms in total. The Balaban J connectivity index is 1.70. The Bertz CT molecular complexity index is 671. The van der Waals surface area contributed by atoms with Crippen LogP contribution in [0, 0.1) is 5.41 Å². The molecule has 0 unspecified atom stereocenters. The van der Waals surface area contributed by atoms with Crippen LogP contribution in [0.1, 0.15) is 19.2 Å². The maximum absolute atomic E-state index is 12.1. The van der Waals surface area contributed by atoms with Crippen LogP contribution in [0.5, 0.6) is 0 Å². The zero-order valence-electron chi connectivity index (χ0n) is 11.4. The summed E-state index contributed by atoms with van der Waals surface area (Å²) in [6.07, 6.45) is 2.07. The van der Waals surface area contributed by atoms with E-state index in [2.05, 4.69) is 15.5 Å². The molecular formula is C14H14Cl2N4O. The second kappa shape index (κ2) is 5.00. The molecule has 0 spiro atoms. The number of halogens is 2. The molecule has 2 aromatic rings. The molecule has 1 heterocycles. The Labute approximate surface area is 132 Å². The number of carbonyl (C=O) groups is 1. The number of rotatable bonds is 4. The second-order valence-corrected chi connectivity index (χ2v) is 6.83. The van der Waals surface area contributed by atoms with Gasteiger partial charge < -0.3 is 5.32 Å². The van der Waals surface area contributed by atoms with E-state index in [-0.39, 0.29) is 12.5 Å². The lowest BCUT2D eigenvalue weighted by Gasteiger charge is -2.13. The van der Waals surface area contributed by atoms with Crippen molar-refractivity contribution in [2.75, 3.05) is 0 Å². The van der Waals surface area contributed by atoms with Gasteiger partial charge in [0.05, 0.1) is 12.0 Å². The van der Waals surface area contributed by atoms with Gasteiger partial charge in [0.2, 0.25) is 5.91 Å². The standard InChI is InChI=1S/C14H14Cl2N4O/c1-13(8-14(13,15)16)12(21)17-7-11-19-18-9-20(11)10-5-3-2-4-6-10/h2-6,9H,7-8H2,1H3,(H,17,21)/t13-/m1/s1. The van der Waals surface area contributed by atoms with E-state index in [0.717, 1.165) is 5.69 Å². The Hall–Kier alpha value is -1.59. The number of aromatic nitrogens is 3. The molecule has 1 aromatic carbocycles. The van der Waals surface area contributed by atoms with Gasteiger partial charge >= 0.3 is 0 Å². The molecule has 1 fully saturated rings. The first-order valence-electron chi connectivity index (χ1n) is 6.54. The van der Waals surface area contributed by atoms with Gasteiger partial charge in [-0.25, -0.2) is 0 Å². The highest BCUT2D eigenvalue weighted by molar-refractivity contribution is 6.53. The van der Waals surface area contributed by atoms with Crippen molar-refractivity contribution in [2.24, 2.45) is 5.41 Å². The van der Waals surface area contributed by atoms with E-state index in [4.69, 9.17) is 23.2 Å². The predicted octanol–water partition coefficient (Wildman–Crippen LogP) is 2.47. The van der Waals surface area contributed by atoms with Crippen LogP contribution in [0.3, 0.4) is 0 Å². The van der Waals surface area contributed by atoms with Crippen molar-refractivity contribution >= 4 is 29.1 Å². The smallest absolute Gasteiger partial charge is 0.229 e. The second-order valence-electron chi connectivity index (χ2n) is 5.35. The normalized spacial score (nSPS) is 22.8. The molecule has 0 radical (unpaired) electrons.